The van der Waals surface area contributed by atoms with Gasteiger partial charge in [-0.3, -0.25) is 0 Å². The zero-order chi connectivity index (χ0) is 47.8. The minimum Gasteiger partial charge on any atom is -0.307 e. The second-order valence-corrected chi connectivity index (χ2v) is 18.8. The normalized spacial score (nSPS) is 11.6. The fraction of sp³-hybridized carbons (Fsp3) is 0.0923. The molecule has 12 aromatic rings. The lowest BCUT2D eigenvalue weighted by atomic mass is 9.98. The van der Waals surface area contributed by atoms with Crippen LogP contribution in [-0.2, 0) is 0 Å². The van der Waals surface area contributed by atoms with Gasteiger partial charge < -0.3 is 9.13 Å². The molecular formula is C65H49N5. The van der Waals surface area contributed by atoms with Gasteiger partial charge in [-0.2, -0.15) is 5.26 Å². The summed E-state index contributed by atoms with van der Waals surface area (Å²) in [7, 11) is 0. The minimum atomic E-state index is 0.492. The van der Waals surface area contributed by atoms with Gasteiger partial charge in [-0.05, 0) is 151 Å². The van der Waals surface area contributed by atoms with Crippen molar-refractivity contribution in [2.75, 3.05) is 0 Å². The Labute approximate surface area is 408 Å². The molecule has 0 fully saturated rings. The van der Waals surface area contributed by atoms with Gasteiger partial charge in [0.1, 0.15) is 0 Å². The molecule has 0 bridgehead atoms. The molecule has 12 rings (SSSR count). The summed E-state index contributed by atoms with van der Waals surface area (Å²) in [5.74, 6) is 0.523. The fourth-order valence-corrected chi connectivity index (χ4v) is 10.9. The molecule has 0 aliphatic rings. The van der Waals surface area contributed by atoms with Gasteiger partial charge in [0.15, 0.2) is 5.82 Å². The first-order valence-corrected chi connectivity index (χ1v) is 24.0. The third-order valence-electron chi connectivity index (χ3n) is 14.3. The molecule has 70 heavy (non-hydrogen) atoms. The Hall–Kier alpha value is -8.85. The van der Waals surface area contributed by atoms with Crippen LogP contribution in [0.5, 0.6) is 0 Å². The number of fused-ring (bicyclic) bond motifs is 6. The quantitative estimate of drug-likeness (QED) is 0.160. The molecule has 0 saturated carbocycles. The van der Waals surface area contributed by atoms with Crippen LogP contribution in [0.4, 0.5) is 0 Å². The molecule has 334 valence electrons. The first kappa shape index (κ1) is 42.5. The number of nitriles is 1. The lowest BCUT2D eigenvalue weighted by Crippen LogP contribution is -2.07. The van der Waals surface area contributed by atoms with E-state index in [0.717, 1.165) is 88.6 Å². The predicted octanol–water partition coefficient (Wildman–Crippen LogP) is 16.7. The van der Waals surface area contributed by atoms with Gasteiger partial charge in [0.2, 0.25) is 0 Å². The predicted molar refractivity (Wildman–Crippen MR) is 291 cm³/mol. The Kier molecular flexibility index (Phi) is 10.2. The van der Waals surface area contributed by atoms with Crippen LogP contribution in [0.15, 0.2) is 188 Å². The molecule has 0 atom stereocenters. The molecule has 0 spiro atoms. The summed E-state index contributed by atoms with van der Waals surface area (Å²) in [6.45, 7) is 12.7. The molecule has 0 amide bonds. The van der Waals surface area contributed by atoms with Crippen molar-refractivity contribution in [2.45, 2.75) is 41.5 Å². The van der Waals surface area contributed by atoms with Crippen molar-refractivity contribution in [3.63, 3.8) is 0 Å². The Morgan fingerprint density at radius 2 is 0.657 bits per heavy atom. The van der Waals surface area contributed by atoms with Gasteiger partial charge in [0.25, 0.3) is 0 Å². The minimum absolute atomic E-state index is 0.492. The highest BCUT2D eigenvalue weighted by atomic mass is 15.1. The van der Waals surface area contributed by atoms with Crippen molar-refractivity contribution in [1.29, 1.82) is 5.26 Å². The van der Waals surface area contributed by atoms with Crippen LogP contribution in [-0.4, -0.2) is 19.1 Å². The van der Waals surface area contributed by atoms with Crippen LogP contribution >= 0.6 is 0 Å². The van der Waals surface area contributed by atoms with Gasteiger partial charge in [-0.15, -0.1) is 0 Å². The molecule has 0 saturated heterocycles. The third kappa shape index (κ3) is 6.99. The van der Waals surface area contributed by atoms with Crippen LogP contribution in [0.2, 0.25) is 0 Å². The second kappa shape index (κ2) is 16.7. The van der Waals surface area contributed by atoms with E-state index in [2.05, 4.69) is 225 Å². The number of hydrogen-bond donors (Lipinski definition) is 0. The van der Waals surface area contributed by atoms with Gasteiger partial charge in [-0.25, -0.2) is 9.97 Å². The summed E-state index contributed by atoms with van der Waals surface area (Å²) in [5, 5.41) is 15.9. The van der Waals surface area contributed by atoms with Crippen molar-refractivity contribution < 1.29 is 0 Å². The van der Waals surface area contributed by atoms with E-state index in [9.17, 15) is 5.26 Å². The van der Waals surface area contributed by atoms with Gasteiger partial charge in [-0.1, -0.05) is 146 Å². The fourth-order valence-electron chi connectivity index (χ4n) is 10.9. The summed E-state index contributed by atoms with van der Waals surface area (Å²) < 4.78 is 4.84. The summed E-state index contributed by atoms with van der Waals surface area (Å²) in [6, 6.07) is 70.7. The van der Waals surface area contributed by atoms with Crippen LogP contribution < -0.4 is 0 Å². The van der Waals surface area contributed by atoms with Gasteiger partial charge in [0.05, 0.1) is 45.1 Å². The van der Waals surface area contributed by atoms with Crippen LogP contribution in [0.25, 0.3) is 111 Å². The number of rotatable bonds is 7. The maximum absolute atomic E-state index is 11.3. The molecule has 5 heteroatoms. The first-order chi connectivity index (χ1) is 34.1. The third-order valence-corrected chi connectivity index (χ3v) is 14.3. The number of nitrogens with zero attached hydrogens (tertiary/aromatic N) is 5. The van der Waals surface area contributed by atoms with Crippen LogP contribution in [0.3, 0.4) is 0 Å². The summed E-state index contributed by atoms with van der Waals surface area (Å²) in [5.41, 5.74) is 22.9. The van der Waals surface area contributed by atoms with E-state index in [1.54, 1.807) is 0 Å². The van der Waals surface area contributed by atoms with Crippen LogP contribution in [0.1, 0.15) is 39.2 Å². The molecule has 0 N–H and O–H groups in total. The maximum Gasteiger partial charge on any atom is 0.161 e. The Bertz CT molecular complexity index is 3930. The van der Waals surface area contributed by atoms with E-state index in [4.69, 9.17) is 9.97 Å². The highest BCUT2D eigenvalue weighted by Crippen LogP contribution is 2.44. The van der Waals surface area contributed by atoms with Crippen LogP contribution in [0, 0.1) is 52.9 Å². The smallest absolute Gasteiger partial charge is 0.161 e. The molecule has 0 radical (unpaired) electrons. The standard InChI is InChI=1S/C65H49N5/c1-39-15-7-11-19-50(39)45-23-27-54-55-28-24-46(51-20-12-8-16-40(51)2)33-60(55)69(59(54)32-45)63-36-49(38-66)58(65-67-43(5)31-44(6)68-65)37-64(63)70-61-34-47(52-21-13-9-17-41(52)3)25-29-56(61)57-30-26-48(35-62(57)70)53-22-14-10-18-42(53)4/h7-37H,1-6H3. The molecule has 0 aliphatic heterocycles. The highest BCUT2D eigenvalue weighted by molar-refractivity contribution is 6.14. The summed E-state index contributed by atoms with van der Waals surface area (Å²) >= 11 is 0. The molecule has 3 aromatic heterocycles. The van der Waals surface area contributed by atoms with E-state index < -0.39 is 0 Å². The average Bonchev–Trinajstić information content (AvgIpc) is 3.87. The molecule has 0 unspecified atom stereocenters. The van der Waals surface area contributed by atoms with Crippen molar-refractivity contribution in [1.82, 2.24) is 19.1 Å². The molecule has 3 heterocycles. The van der Waals surface area contributed by atoms with Crippen molar-refractivity contribution in [3.8, 4) is 73.3 Å². The lowest BCUT2D eigenvalue weighted by molar-refractivity contribution is 1.05. The Morgan fingerprint density at radius 1 is 0.343 bits per heavy atom. The Balaban J connectivity index is 1.28. The number of hydrogen-bond acceptors (Lipinski definition) is 3. The zero-order valence-corrected chi connectivity index (χ0v) is 40.1. The van der Waals surface area contributed by atoms with E-state index >= 15 is 0 Å². The highest BCUT2D eigenvalue weighted by Gasteiger charge is 2.25. The first-order valence-electron chi connectivity index (χ1n) is 24.0. The zero-order valence-electron chi connectivity index (χ0n) is 40.1. The SMILES string of the molecule is Cc1cc(C)nc(-c2cc(-n3c4cc(-c5ccccc5C)ccc4c4ccc(-c5ccccc5C)cc43)c(-n3c4cc(-c5ccccc5C)ccc4c4ccc(-c5ccccc5C)cc43)cc2C#N)n1. The molecular weight excluding hydrogens is 851 g/mol. The molecule has 9 aromatic carbocycles. The topological polar surface area (TPSA) is 59.4 Å². The molecule has 0 aliphatic carbocycles. The summed E-state index contributed by atoms with van der Waals surface area (Å²) in [6.07, 6.45) is 0. The number of aryl methyl sites for hydroxylation is 6. The van der Waals surface area contributed by atoms with Crippen molar-refractivity contribution in [2.24, 2.45) is 0 Å². The average molecular weight is 900 g/mol. The van der Waals surface area contributed by atoms with Gasteiger partial charge >= 0.3 is 0 Å². The van der Waals surface area contributed by atoms with E-state index in [-0.39, 0.29) is 0 Å². The van der Waals surface area contributed by atoms with E-state index in [0.29, 0.717) is 17.0 Å². The number of benzene rings is 9. The lowest BCUT2D eigenvalue weighted by Gasteiger charge is -2.20. The summed E-state index contributed by atoms with van der Waals surface area (Å²) in [4.78, 5) is 10.0. The van der Waals surface area contributed by atoms with E-state index in [1.807, 2.05) is 19.9 Å². The second-order valence-electron chi connectivity index (χ2n) is 18.8. The van der Waals surface area contributed by atoms with Gasteiger partial charge in [0, 0.05) is 38.5 Å². The van der Waals surface area contributed by atoms with Crippen molar-refractivity contribution >= 4 is 43.6 Å². The van der Waals surface area contributed by atoms with E-state index in [1.165, 1.54) is 44.5 Å². The maximum atomic E-state index is 11.3. The molecule has 5 nitrogen and oxygen atoms in total. The Morgan fingerprint density at radius 3 is 0.971 bits per heavy atom. The monoisotopic (exact) mass is 899 g/mol. The van der Waals surface area contributed by atoms with Crippen molar-refractivity contribution in [3.05, 3.63) is 227 Å². The number of aromatic nitrogens is 4. The largest absolute Gasteiger partial charge is 0.307 e.